The van der Waals surface area contributed by atoms with Crippen LogP contribution in [0.1, 0.15) is 24.1 Å². The van der Waals surface area contributed by atoms with Gasteiger partial charge in [-0.2, -0.15) is 0 Å². The highest BCUT2D eigenvalue weighted by molar-refractivity contribution is 6.30. The number of benzene rings is 2. The minimum Gasteiger partial charge on any atom is -1.00 e. The Bertz CT molecular complexity index is 639. The molecule has 0 saturated carbocycles. The van der Waals surface area contributed by atoms with Crippen molar-refractivity contribution in [1.29, 1.82) is 0 Å². The summed E-state index contributed by atoms with van der Waals surface area (Å²) in [5, 5.41) is 0.814. The van der Waals surface area contributed by atoms with Crippen LogP contribution in [-0.4, -0.2) is 49.2 Å². The Morgan fingerprint density at radius 2 is 1.62 bits per heavy atom. The molecule has 24 heavy (non-hydrogen) atoms. The van der Waals surface area contributed by atoms with Crippen LogP contribution in [0.5, 0.6) is 0 Å². The highest BCUT2D eigenvalue weighted by Crippen LogP contribution is 2.31. The predicted octanol–water partition coefficient (Wildman–Crippen LogP) is 1.22. The van der Waals surface area contributed by atoms with Crippen molar-refractivity contribution in [3.8, 4) is 0 Å². The van der Waals surface area contributed by atoms with E-state index in [0.717, 1.165) is 18.1 Å². The molecule has 0 bridgehead atoms. The second-order valence-electron chi connectivity index (χ2n) is 6.79. The minimum atomic E-state index is 0. The van der Waals surface area contributed by atoms with Gasteiger partial charge < -0.3 is 28.5 Å². The maximum absolute atomic E-state index is 6.26. The van der Waals surface area contributed by atoms with Crippen LogP contribution >= 0.6 is 11.6 Å². The van der Waals surface area contributed by atoms with Crippen LogP contribution in [0, 0.1) is 0 Å². The molecule has 1 aliphatic heterocycles. The lowest BCUT2D eigenvalue weighted by molar-refractivity contribution is -0.912. The molecule has 4 heteroatoms. The largest absolute Gasteiger partial charge is 1.00 e. The summed E-state index contributed by atoms with van der Waals surface area (Å²) in [5.74, 6) is 0. The van der Waals surface area contributed by atoms with E-state index in [1.807, 2.05) is 6.07 Å². The fraction of sp³-hybridized carbons (Fsp3) is 0.400. The van der Waals surface area contributed by atoms with Gasteiger partial charge in [-0.3, -0.25) is 4.90 Å². The number of hydrogen-bond acceptors (Lipinski definition) is 1. The van der Waals surface area contributed by atoms with Gasteiger partial charge in [-0.05, 0) is 30.2 Å². The Labute approximate surface area is 168 Å². The summed E-state index contributed by atoms with van der Waals surface area (Å²) < 4.78 is 1.17. The van der Waals surface area contributed by atoms with E-state index in [-0.39, 0.29) is 24.0 Å². The Morgan fingerprint density at radius 3 is 2.21 bits per heavy atom. The number of halogens is 2. The highest BCUT2D eigenvalue weighted by atomic mass is 127. The molecule has 1 fully saturated rings. The topological polar surface area (TPSA) is 3.24 Å². The molecule has 0 radical (unpaired) electrons. The number of piperazine rings is 1. The normalized spacial score (nSPS) is 18.6. The van der Waals surface area contributed by atoms with Gasteiger partial charge in [0, 0.05) is 18.1 Å². The monoisotopic (exact) mass is 456 g/mol. The molecular formula is C20H26ClIN2. The zero-order valence-corrected chi connectivity index (χ0v) is 17.4. The van der Waals surface area contributed by atoms with Gasteiger partial charge in [0.2, 0.25) is 0 Å². The second kappa shape index (κ2) is 8.65. The first kappa shape index (κ1) is 19.7. The zero-order valence-electron chi connectivity index (χ0n) is 14.5. The van der Waals surface area contributed by atoms with Crippen molar-refractivity contribution >= 4 is 11.6 Å². The summed E-state index contributed by atoms with van der Waals surface area (Å²) in [6.45, 7) is 8.16. The molecule has 1 heterocycles. The van der Waals surface area contributed by atoms with Gasteiger partial charge in [0.05, 0.1) is 32.7 Å². The molecule has 1 saturated heterocycles. The quantitative estimate of drug-likeness (QED) is 0.494. The predicted molar refractivity (Wildman–Crippen MR) is 97.8 cm³/mol. The van der Waals surface area contributed by atoms with E-state index in [0.29, 0.717) is 6.04 Å². The number of nitrogens with zero attached hydrogens (tertiary/aromatic N) is 2. The molecule has 1 unspecified atom stereocenters. The van der Waals surface area contributed by atoms with Gasteiger partial charge in [0.15, 0.2) is 0 Å². The van der Waals surface area contributed by atoms with Gasteiger partial charge in [-0.25, -0.2) is 0 Å². The minimum absolute atomic E-state index is 0. The van der Waals surface area contributed by atoms with Crippen molar-refractivity contribution in [2.75, 3.05) is 39.8 Å². The number of hydrogen-bond donors (Lipinski definition) is 0. The fourth-order valence-corrected chi connectivity index (χ4v) is 3.66. The molecule has 130 valence electrons. The van der Waals surface area contributed by atoms with Crippen LogP contribution in [0.3, 0.4) is 0 Å². The van der Waals surface area contributed by atoms with E-state index in [4.69, 9.17) is 11.6 Å². The van der Waals surface area contributed by atoms with E-state index < -0.39 is 0 Å². The lowest BCUT2D eigenvalue weighted by Gasteiger charge is -2.44. The molecule has 0 aliphatic carbocycles. The van der Waals surface area contributed by atoms with Crippen molar-refractivity contribution in [3.63, 3.8) is 0 Å². The van der Waals surface area contributed by atoms with Gasteiger partial charge in [-0.15, -0.1) is 0 Å². The van der Waals surface area contributed by atoms with Crippen molar-refractivity contribution in [1.82, 2.24) is 4.90 Å². The summed E-state index contributed by atoms with van der Waals surface area (Å²) in [4.78, 5) is 2.61. The van der Waals surface area contributed by atoms with Gasteiger partial charge in [0.1, 0.15) is 0 Å². The third-order valence-corrected chi connectivity index (χ3v) is 5.50. The zero-order chi connectivity index (χ0) is 16.3. The third-order valence-electron chi connectivity index (χ3n) is 5.26. The first-order valence-corrected chi connectivity index (χ1v) is 8.87. The number of quaternary nitrogens is 1. The van der Waals surface area contributed by atoms with E-state index in [1.165, 1.54) is 35.2 Å². The molecule has 0 amide bonds. The molecule has 1 atom stereocenters. The van der Waals surface area contributed by atoms with Crippen LogP contribution in [-0.2, 0) is 0 Å². The molecule has 2 aromatic rings. The standard InChI is InChI=1S/C20H26ClN2.HI/c1-3-23(2)14-12-22(13-15-23)20(17-8-5-4-6-9-17)18-10-7-11-19(21)16-18;/h4-11,16,20H,3,12-15H2,1-2H3;1H/q+1;/p-1. The maximum Gasteiger partial charge on any atom is 0.0914 e. The Morgan fingerprint density at radius 1 is 1.00 bits per heavy atom. The van der Waals surface area contributed by atoms with Crippen LogP contribution in [0.4, 0.5) is 0 Å². The van der Waals surface area contributed by atoms with Crippen molar-refractivity contribution in [2.24, 2.45) is 0 Å². The van der Waals surface area contributed by atoms with E-state index in [1.54, 1.807) is 0 Å². The van der Waals surface area contributed by atoms with Crippen LogP contribution < -0.4 is 24.0 Å². The number of rotatable bonds is 4. The fourth-order valence-electron chi connectivity index (χ4n) is 3.46. The second-order valence-corrected chi connectivity index (χ2v) is 7.22. The van der Waals surface area contributed by atoms with Crippen LogP contribution in [0.15, 0.2) is 54.6 Å². The van der Waals surface area contributed by atoms with E-state index >= 15 is 0 Å². The molecule has 0 aromatic heterocycles. The SMILES string of the molecule is CC[N+]1(C)CCN(C(c2ccccc2)c2cccc(Cl)c2)CC1.[I-]. The smallest absolute Gasteiger partial charge is 0.0914 e. The molecule has 3 rings (SSSR count). The molecule has 2 aromatic carbocycles. The molecule has 0 spiro atoms. The Hall–Kier alpha value is -0.620. The summed E-state index contributed by atoms with van der Waals surface area (Å²) in [5.41, 5.74) is 2.64. The average Bonchev–Trinajstić information content (AvgIpc) is 2.58. The van der Waals surface area contributed by atoms with Gasteiger partial charge >= 0.3 is 0 Å². The van der Waals surface area contributed by atoms with Crippen molar-refractivity contribution in [2.45, 2.75) is 13.0 Å². The summed E-state index contributed by atoms with van der Waals surface area (Å²) >= 11 is 6.26. The molecule has 2 nitrogen and oxygen atoms in total. The first-order valence-electron chi connectivity index (χ1n) is 8.49. The van der Waals surface area contributed by atoms with E-state index in [9.17, 15) is 0 Å². The Kier molecular flexibility index (Phi) is 7.10. The van der Waals surface area contributed by atoms with Crippen LogP contribution in [0.25, 0.3) is 0 Å². The van der Waals surface area contributed by atoms with Gasteiger partial charge in [0.25, 0.3) is 0 Å². The lowest BCUT2D eigenvalue weighted by atomic mass is 9.96. The average molecular weight is 457 g/mol. The third kappa shape index (κ3) is 4.51. The van der Waals surface area contributed by atoms with E-state index in [2.05, 4.69) is 67.4 Å². The van der Waals surface area contributed by atoms with Gasteiger partial charge in [-0.1, -0.05) is 54.1 Å². The van der Waals surface area contributed by atoms with Crippen LogP contribution in [0.2, 0.25) is 5.02 Å². The molecule has 0 N–H and O–H groups in total. The number of likely N-dealkylation sites (N-methyl/N-ethyl adjacent to an activating group) is 1. The van der Waals surface area contributed by atoms with Crippen molar-refractivity contribution < 1.29 is 28.5 Å². The summed E-state index contributed by atoms with van der Waals surface area (Å²) in [6, 6.07) is 19.4. The first-order chi connectivity index (χ1) is 11.1. The maximum atomic E-state index is 6.26. The lowest BCUT2D eigenvalue weighted by Crippen LogP contribution is -3.00. The molecule has 1 aliphatic rings. The molecular weight excluding hydrogens is 431 g/mol. The summed E-state index contributed by atoms with van der Waals surface area (Å²) in [6.07, 6.45) is 0. The summed E-state index contributed by atoms with van der Waals surface area (Å²) in [7, 11) is 2.37. The van der Waals surface area contributed by atoms with Crippen molar-refractivity contribution in [3.05, 3.63) is 70.7 Å². The Balaban J connectivity index is 0.00000208. The highest BCUT2D eigenvalue weighted by Gasteiger charge is 2.32.